The molecule has 1 aliphatic rings. The fraction of sp³-hybridized carbons (Fsp3) is 0.391. The molecule has 0 spiro atoms. The number of carbonyl (C=O) groups is 1. The summed E-state index contributed by atoms with van der Waals surface area (Å²) in [6.07, 6.45) is 3.66. The quantitative estimate of drug-likeness (QED) is 0.577. The molecule has 164 valence electrons. The van der Waals surface area contributed by atoms with Gasteiger partial charge in [0.2, 0.25) is 10.0 Å². The second-order valence-electron chi connectivity index (χ2n) is 8.08. The number of benzene rings is 2. The molecule has 1 unspecified atom stereocenters. The Morgan fingerprint density at radius 2 is 1.87 bits per heavy atom. The standard InChI is InChI=1S/C23H27N3O3S2/c1-4-18-7-5-6-12-26(18)31(28,29)19-10-8-17(9-11-19)22(27)25-23-24-20-13-15(2)16(3)14-21(20)30-23/h8-11,13-14,18H,4-7,12H2,1-3H3,(H,24,25,27). The van der Waals surface area contributed by atoms with Crippen molar-refractivity contribution in [3.63, 3.8) is 0 Å². The van der Waals surface area contributed by atoms with E-state index in [0.717, 1.165) is 41.5 Å². The number of nitrogens with one attached hydrogen (secondary N) is 1. The molecule has 1 amide bonds. The first-order valence-electron chi connectivity index (χ1n) is 10.6. The fourth-order valence-corrected chi connectivity index (χ4v) is 6.72. The molecule has 0 bridgehead atoms. The SMILES string of the molecule is CCC1CCCCN1S(=O)(=O)c1ccc(C(=O)Nc2nc3cc(C)c(C)cc3s2)cc1. The van der Waals surface area contributed by atoms with Crippen molar-refractivity contribution in [3.05, 3.63) is 53.1 Å². The van der Waals surface area contributed by atoms with Gasteiger partial charge in [0.25, 0.3) is 5.91 Å². The number of hydrogen-bond donors (Lipinski definition) is 1. The molecule has 1 aromatic heterocycles. The number of aromatic nitrogens is 1. The average Bonchev–Trinajstić information content (AvgIpc) is 3.14. The summed E-state index contributed by atoms with van der Waals surface area (Å²) in [5.74, 6) is -0.305. The smallest absolute Gasteiger partial charge is 0.257 e. The Kier molecular flexibility index (Phi) is 6.14. The summed E-state index contributed by atoms with van der Waals surface area (Å²) in [7, 11) is -3.56. The van der Waals surface area contributed by atoms with Gasteiger partial charge < -0.3 is 0 Å². The lowest BCUT2D eigenvalue weighted by Crippen LogP contribution is -2.43. The Morgan fingerprint density at radius 3 is 2.58 bits per heavy atom. The third kappa shape index (κ3) is 4.37. The highest BCUT2D eigenvalue weighted by molar-refractivity contribution is 7.89. The minimum Gasteiger partial charge on any atom is -0.298 e. The number of nitrogens with zero attached hydrogens (tertiary/aromatic N) is 2. The molecule has 1 saturated heterocycles. The van der Waals surface area contributed by atoms with Gasteiger partial charge in [-0.2, -0.15) is 4.31 Å². The van der Waals surface area contributed by atoms with Crippen LogP contribution < -0.4 is 5.32 Å². The van der Waals surface area contributed by atoms with Gasteiger partial charge in [-0.1, -0.05) is 24.7 Å². The zero-order chi connectivity index (χ0) is 22.2. The maximum absolute atomic E-state index is 13.1. The highest BCUT2D eigenvalue weighted by Gasteiger charge is 2.32. The fourth-order valence-electron chi connectivity index (χ4n) is 4.01. The van der Waals surface area contributed by atoms with E-state index in [1.807, 2.05) is 19.9 Å². The molecule has 0 aliphatic carbocycles. The van der Waals surface area contributed by atoms with Crippen LogP contribution in [0.2, 0.25) is 0 Å². The van der Waals surface area contributed by atoms with Crippen LogP contribution in [0.4, 0.5) is 5.13 Å². The van der Waals surface area contributed by atoms with Crippen molar-refractivity contribution in [3.8, 4) is 0 Å². The zero-order valence-electron chi connectivity index (χ0n) is 18.0. The molecule has 4 rings (SSSR count). The third-order valence-corrected chi connectivity index (χ3v) is 8.89. The molecular weight excluding hydrogens is 430 g/mol. The number of amides is 1. The predicted octanol–water partition coefficient (Wildman–Crippen LogP) is 5.12. The van der Waals surface area contributed by atoms with Gasteiger partial charge >= 0.3 is 0 Å². The van der Waals surface area contributed by atoms with E-state index in [0.29, 0.717) is 17.2 Å². The molecular formula is C23H27N3O3S2. The first kappa shape index (κ1) is 21.9. The number of aryl methyl sites for hydroxylation is 2. The van der Waals surface area contributed by atoms with E-state index in [9.17, 15) is 13.2 Å². The average molecular weight is 458 g/mol. The van der Waals surface area contributed by atoms with Crippen LogP contribution in [0.1, 0.15) is 54.1 Å². The second kappa shape index (κ2) is 8.68. The van der Waals surface area contributed by atoms with Gasteiger partial charge in [0.15, 0.2) is 5.13 Å². The molecule has 1 aliphatic heterocycles. The van der Waals surface area contributed by atoms with Gasteiger partial charge in [-0.3, -0.25) is 10.1 Å². The molecule has 0 saturated carbocycles. The van der Waals surface area contributed by atoms with Crippen molar-refractivity contribution >= 4 is 42.6 Å². The molecule has 8 heteroatoms. The predicted molar refractivity (Wildman–Crippen MR) is 125 cm³/mol. The number of sulfonamides is 1. The Bertz CT molecular complexity index is 1180. The lowest BCUT2D eigenvalue weighted by molar-refractivity contribution is 0.102. The van der Waals surface area contributed by atoms with E-state index < -0.39 is 10.0 Å². The highest BCUT2D eigenvalue weighted by Crippen LogP contribution is 2.29. The van der Waals surface area contributed by atoms with E-state index in [-0.39, 0.29) is 16.8 Å². The number of carbonyl (C=O) groups excluding carboxylic acids is 1. The molecule has 1 fully saturated rings. The molecule has 6 nitrogen and oxygen atoms in total. The van der Waals surface area contributed by atoms with Crippen LogP contribution in [-0.4, -0.2) is 36.2 Å². The van der Waals surface area contributed by atoms with Crippen molar-refractivity contribution in [2.45, 2.75) is 57.4 Å². The number of anilines is 1. The van der Waals surface area contributed by atoms with Crippen LogP contribution in [0.5, 0.6) is 0 Å². The Hall–Kier alpha value is -2.29. The van der Waals surface area contributed by atoms with Crippen molar-refractivity contribution in [1.29, 1.82) is 0 Å². The summed E-state index contributed by atoms with van der Waals surface area (Å²) in [4.78, 5) is 17.4. The van der Waals surface area contributed by atoms with Crippen molar-refractivity contribution in [2.75, 3.05) is 11.9 Å². The lowest BCUT2D eigenvalue weighted by Gasteiger charge is -2.34. The van der Waals surface area contributed by atoms with E-state index in [2.05, 4.69) is 23.3 Å². The van der Waals surface area contributed by atoms with Crippen molar-refractivity contribution in [1.82, 2.24) is 9.29 Å². The van der Waals surface area contributed by atoms with Gasteiger partial charge in [-0.15, -0.1) is 0 Å². The third-order valence-electron chi connectivity index (χ3n) is 5.99. The van der Waals surface area contributed by atoms with Gasteiger partial charge in [0, 0.05) is 18.2 Å². The summed E-state index contributed by atoms with van der Waals surface area (Å²) in [6.45, 7) is 6.67. The monoisotopic (exact) mass is 457 g/mol. The largest absolute Gasteiger partial charge is 0.298 e. The van der Waals surface area contributed by atoms with Gasteiger partial charge in [0.05, 0.1) is 15.1 Å². The zero-order valence-corrected chi connectivity index (χ0v) is 19.6. The lowest BCUT2D eigenvalue weighted by atomic mass is 10.0. The number of fused-ring (bicyclic) bond motifs is 1. The maximum atomic E-state index is 13.1. The molecule has 1 N–H and O–H groups in total. The molecule has 2 aromatic carbocycles. The normalized spacial score (nSPS) is 17.7. The van der Waals surface area contributed by atoms with Crippen LogP contribution in [0.3, 0.4) is 0 Å². The minimum absolute atomic E-state index is 0.0491. The Labute approximate surface area is 187 Å². The van der Waals surface area contributed by atoms with Gasteiger partial charge in [-0.05, 0) is 80.6 Å². The topological polar surface area (TPSA) is 79.4 Å². The van der Waals surface area contributed by atoms with Crippen molar-refractivity contribution < 1.29 is 13.2 Å². The number of hydrogen-bond acceptors (Lipinski definition) is 5. The van der Waals surface area contributed by atoms with Gasteiger partial charge in [0.1, 0.15) is 0 Å². The van der Waals surface area contributed by atoms with Crippen LogP contribution in [0.15, 0.2) is 41.3 Å². The van der Waals surface area contributed by atoms with Crippen LogP contribution in [0.25, 0.3) is 10.2 Å². The van der Waals surface area contributed by atoms with Crippen LogP contribution in [0, 0.1) is 13.8 Å². The minimum atomic E-state index is -3.56. The van der Waals surface area contributed by atoms with Gasteiger partial charge in [-0.25, -0.2) is 13.4 Å². The number of thiazole rings is 1. The van der Waals surface area contributed by atoms with E-state index in [1.165, 1.54) is 29.0 Å². The number of rotatable bonds is 5. The van der Waals surface area contributed by atoms with E-state index >= 15 is 0 Å². The van der Waals surface area contributed by atoms with Crippen molar-refractivity contribution in [2.24, 2.45) is 0 Å². The second-order valence-corrected chi connectivity index (χ2v) is 11.0. The molecule has 3 aromatic rings. The van der Waals surface area contributed by atoms with Crippen LogP contribution in [-0.2, 0) is 10.0 Å². The van der Waals surface area contributed by atoms with E-state index in [4.69, 9.17) is 0 Å². The number of piperidine rings is 1. The Morgan fingerprint density at radius 1 is 1.16 bits per heavy atom. The summed E-state index contributed by atoms with van der Waals surface area (Å²) in [5, 5.41) is 3.36. The molecule has 31 heavy (non-hydrogen) atoms. The first-order chi connectivity index (χ1) is 14.8. The first-order valence-corrected chi connectivity index (χ1v) is 12.9. The molecule has 2 heterocycles. The summed E-state index contributed by atoms with van der Waals surface area (Å²) in [5.41, 5.74) is 3.60. The van der Waals surface area contributed by atoms with Crippen LogP contribution >= 0.6 is 11.3 Å². The van der Waals surface area contributed by atoms with E-state index in [1.54, 1.807) is 16.4 Å². The maximum Gasteiger partial charge on any atom is 0.257 e. The molecule has 1 atom stereocenters. The molecule has 0 radical (unpaired) electrons. The summed E-state index contributed by atoms with van der Waals surface area (Å²) < 4.78 is 28.8. The summed E-state index contributed by atoms with van der Waals surface area (Å²) >= 11 is 1.43. The summed E-state index contributed by atoms with van der Waals surface area (Å²) in [6, 6.07) is 10.3. The Balaban J connectivity index is 1.52. The highest BCUT2D eigenvalue weighted by atomic mass is 32.2.